The van der Waals surface area contributed by atoms with Gasteiger partial charge in [-0.3, -0.25) is 9.11 Å². The van der Waals surface area contributed by atoms with Crippen LogP contribution in [0.25, 0.3) is 0 Å². The Bertz CT molecular complexity index is 1370. The molecule has 0 aliphatic carbocycles. The molecule has 0 saturated heterocycles. The van der Waals surface area contributed by atoms with E-state index in [2.05, 4.69) is 83.1 Å². The molecule has 4 N–H and O–H groups in total. The van der Waals surface area contributed by atoms with E-state index in [1.165, 1.54) is 539 Å². The first-order valence-corrected chi connectivity index (χ1v) is 51.8. The van der Waals surface area contributed by atoms with Gasteiger partial charge in [0.05, 0.1) is 0 Å². The van der Waals surface area contributed by atoms with Gasteiger partial charge in [-0.1, -0.05) is 545 Å². The first kappa shape index (κ1) is 111. The minimum absolute atomic E-state index is 0.354. The molecule has 0 saturated carbocycles. The van der Waals surface area contributed by atoms with Crippen molar-refractivity contribution < 1.29 is 17.5 Å². The van der Waals surface area contributed by atoms with Gasteiger partial charge in [-0.05, 0) is 77.0 Å². The third kappa shape index (κ3) is 79.4. The second-order valence-electron chi connectivity index (χ2n) is 36.0. The number of nitrogens with one attached hydrogen (secondary N) is 2. The third-order valence-corrected chi connectivity index (χ3v) is 25.2. The molecule has 0 amide bonds. The molecule has 0 aromatic rings. The Hall–Kier alpha value is -0.210. The Balaban J connectivity index is -0.00000190. The Labute approximate surface area is 679 Å². The molecule has 0 bridgehead atoms. The van der Waals surface area contributed by atoms with Gasteiger partial charge < -0.3 is 10.6 Å². The molecule has 0 fully saturated rings. The molecule has 6 nitrogen and oxygen atoms in total. The van der Waals surface area contributed by atoms with Crippen LogP contribution in [0.4, 0.5) is 0 Å². The molecule has 0 aromatic carbocycles. The molecule has 107 heavy (non-hydrogen) atoms. The van der Waals surface area contributed by atoms with Gasteiger partial charge in [-0.15, -0.1) is 0 Å². The summed E-state index contributed by atoms with van der Waals surface area (Å²) in [6.07, 6.45) is 120. The lowest BCUT2D eigenvalue weighted by Gasteiger charge is -2.47. The van der Waals surface area contributed by atoms with Crippen LogP contribution in [0.1, 0.15) is 622 Å². The largest absolute Gasteiger partial charge is 0.394 e. The quantitative estimate of drug-likeness (QED) is 0.0358. The second-order valence-corrected chi connectivity index (χ2v) is 36.9. The second kappa shape index (κ2) is 86.6. The zero-order chi connectivity index (χ0) is 79.3. The molecule has 0 atom stereocenters. The molecular weight excluding hydrogens is 1330 g/mol. The van der Waals surface area contributed by atoms with E-state index in [1.54, 1.807) is 0 Å². The van der Waals surface area contributed by atoms with E-state index in [1.807, 2.05) is 0 Å². The summed E-state index contributed by atoms with van der Waals surface area (Å²) in [5, 5.41) is 9.79. The van der Waals surface area contributed by atoms with Crippen LogP contribution in [-0.4, -0.2) is 39.7 Å². The van der Waals surface area contributed by atoms with Crippen molar-refractivity contribution in [3.63, 3.8) is 0 Å². The zero-order valence-corrected chi connectivity index (χ0v) is 77.3. The molecule has 7 heteroatoms. The van der Waals surface area contributed by atoms with E-state index in [-0.39, 0.29) is 0 Å². The SMILES string of the molecule is CCCCCCCCC(CCCCCCCC)(CCCCCCCC)NC(CCCCCCCC)(CCCCCCCC)CCCCCCCC.CCCCCCCCC(CCCCCCCC)(CCCCCCCC)NC(CCCCCCCC)(CCCCCCCC)CCCCCCCC.O=S(=O)(O)O. The lowest BCUT2D eigenvalue weighted by molar-refractivity contribution is 0.124. The predicted octanol–water partition coefficient (Wildman–Crippen LogP) is 36.5. The monoisotopic (exact) mass is 1530 g/mol. The summed E-state index contributed by atoms with van der Waals surface area (Å²) in [7, 11) is -4.67. The average Bonchev–Trinajstić information content (AvgIpc) is 0.818. The Morgan fingerprint density at radius 1 is 0.150 bits per heavy atom. The summed E-state index contributed by atoms with van der Waals surface area (Å²) in [6.45, 7) is 28.4. The van der Waals surface area contributed by atoms with Crippen molar-refractivity contribution in [2.45, 2.75) is 645 Å². The smallest absolute Gasteiger partial charge is 0.306 e. The molecule has 0 aliphatic rings. The van der Waals surface area contributed by atoms with Crippen molar-refractivity contribution in [1.29, 1.82) is 0 Å². The molecule has 648 valence electrons. The van der Waals surface area contributed by atoms with Gasteiger partial charge in [-0.25, -0.2) is 0 Å². The summed E-state index contributed by atoms with van der Waals surface area (Å²) in [5.41, 5.74) is 1.42. The maximum atomic E-state index is 8.74. The van der Waals surface area contributed by atoms with Crippen molar-refractivity contribution in [3.05, 3.63) is 0 Å². The van der Waals surface area contributed by atoms with Crippen molar-refractivity contribution in [2.24, 2.45) is 0 Å². The molecule has 0 unspecified atom stereocenters. The first-order chi connectivity index (χ1) is 52.1. The third-order valence-electron chi connectivity index (χ3n) is 25.2. The fraction of sp³-hybridized carbons (Fsp3) is 1.00. The number of hydrogen-bond donors (Lipinski definition) is 4. The van der Waals surface area contributed by atoms with E-state index in [0.717, 1.165) is 0 Å². The van der Waals surface area contributed by atoms with Crippen molar-refractivity contribution >= 4 is 10.4 Å². The average molecular weight is 1530 g/mol. The van der Waals surface area contributed by atoms with Gasteiger partial charge >= 0.3 is 10.4 Å². The summed E-state index contributed by atoms with van der Waals surface area (Å²) in [4.78, 5) is 0. The summed E-state index contributed by atoms with van der Waals surface area (Å²) in [6, 6.07) is 0. The fourth-order valence-electron chi connectivity index (χ4n) is 18.3. The highest BCUT2D eigenvalue weighted by Gasteiger charge is 2.41. The van der Waals surface area contributed by atoms with Crippen LogP contribution >= 0.6 is 0 Å². The van der Waals surface area contributed by atoms with Gasteiger partial charge in [0, 0.05) is 22.2 Å². The molecular formula is C100H208N2O4S. The molecule has 0 radical (unpaired) electrons. The summed E-state index contributed by atoms with van der Waals surface area (Å²) in [5.74, 6) is 0. The van der Waals surface area contributed by atoms with Crippen LogP contribution in [-0.2, 0) is 10.4 Å². The van der Waals surface area contributed by atoms with Crippen LogP contribution in [0.2, 0.25) is 0 Å². The van der Waals surface area contributed by atoms with E-state index in [0.29, 0.717) is 22.2 Å². The number of rotatable bonds is 88. The van der Waals surface area contributed by atoms with Crippen LogP contribution in [0, 0.1) is 0 Å². The maximum absolute atomic E-state index is 8.74. The molecule has 0 aromatic heterocycles. The normalized spacial score (nSPS) is 12.3. The van der Waals surface area contributed by atoms with Crippen LogP contribution in [0.3, 0.4) is 0 Å². The standard InChI is InChI=1S/2C50H103N.H2O4S/c2*1-7-13-19-25-31-37-43-49(44-38-32-26-20-14-8-2,45-39-33-27-21-15-9-3)51-50(46-40-34-28-22-16-10-4,47-41-35-29-23-17-11-5)48-42-36-30-24-18-12-6;1-5(2,3)4/h2*51H,7-48H2,1-6H3;(H2,1,2,3,4). The molecule has 0 aliphatic heterocycles. The molecule has 0 spiro atoms. The van der Waals surface area contributed by atoms with E-state index in [4.69, 9.17) is 28.2 Å². The first-order valence-electron chi connectivity index (χ1n) is 50.4. The van der Waals surface area contributed by atoms with E-state index in [9.17, 15) is 0 Å². The van der Waals surface area contributed by atoms with Gasteiger partial charge in [0.15, 0.2) is 0 Å². The Morgan fingerprint density at radius 2 is 0.215 bits per heavy atom. The van der Waals surface area contributed by atoms with Gasteiger partial charge in [0.2, 0.25) is 0 Å². The van der Waals surface area contributed by atoms with Crippen LogP contribution < -0.4 is 10.6 Å². The van der Waals surface area contributed by atoms with E-state index < -0.39 is 10.4 Å². The summed E-state index contributed by atoms with van der Waals surface area (Å²) < 4.78 is 31.6. The maximum Gasteiger partial charge on any atom is 0.394 e. The predicted molar refractivity (Wildman–Crippen MR) is 487 cm³/mol. The topological polar surface area (TPSA) is 98.7 Å². The highest BCUT2D eigenvalue weighted by atomic mass is 32.3. The minimum Gasteiger partial charge on any atom is -0.306 e. The lowest BCUT2D eigenvalue weighted by atomic mass is 9.74. The van der Waals surface area contributed by atoms with E-state index >= 15 is 0 Å². The number of hydrogen-bond acceptors (Lipinski definition) is 4. The Morgan fingerprint density at radius 3 is 0.290 bits per heavy atom. The number of unbranched alkanes of at least 4 members (excludes halogenated alkanes) is 60. The van der Waals surface area contributed by atoms with Gasteiger partial charge in [0.1, 0.15) is 0 Å². The minimum atomic E-state index is -4.67. The molecule has 0 heterocycles. The Kier molecular flexibility index (Phi) is 89.8. The van der Waals surface area contributed by atoms with Gasteiger partial charge in [0.25, 0.3) is 0 Å². The highest BCUT2D eigenvalue weighted by Crippen LogP contribution is 2.41. The lowest BCUT2D eigenvalue weighted by Crippen LogP contribution is -2.58. The van der Waals surface area contributed by atoms with Crippen LogP contribution in [0.5, 0.6) is 0 Å². The molecule has 0 rings (SSSR count). The fourth-order valence-corrected chi connectivity index (χ4v) is 18.3. The van der Waals surface area contributed by atoms with Crippen molar-refractivity contribution in [1.82, 2.24) is 10.6 Å². The zero-order valence-electron chi connectivity index (χ0n) is 76.5. The van der Waals surface area contributed by atoms with Gasteiger partial charge in [-0.2, -0.15) is 8.42 Å². The summed E-state index contributed by atoms with van der Waals surface area (Å²) >= 11 is 0. The van der Waals surface area contributed by atoms with Crippen molar-refractivity contribution in [3.8, 4) is 0 Å². The van der Waals surface area contributed by atoms with Crippen LogP contribution in [0.15, 0.2) is 0 Å². The highest BCUT2D eigenvalue weighted by molar-refractivity contribution is 7.79. The van der Waals surface area contributed by atoms with Crippen molar-refractivity contribution in [2.75, 3.05) is 0 Å².